The van der Waals surface area contributed by atoms with Gasteiger partial charge in [0.1, 0.15) is 5.76 Å². The van der Waals surface area contributed by atoms with E-state index in [4.69, 9.17) is 20.9 Å². The molecule has 0 aliphatic heterocycles. The predicted octanol–water partition coefficient (Wildman–Crippen LogP) is 2.88. The Bertz CT molecular complexity index is 826. The molecule has 2 aromatic rings. The summed E-state index contributed by atoms with van der Waals surface area (Å²) in [6.07, 6.45) is -0.999. The molecule has 0 radical (unpaired) electrons. The zero-order valence-corrected chi connectivity index (χ0v) is 16.2. The van der Waals surface area contributed by atoms with E-state index in [2.05, 4.69) is 15.8 Å². The molecule has 0 saturated heterocycles. The Hall–Kier alpha value is -2.52. The highest BCUT2D eigenvalue weighted by Gasteiger charge is 2.19. The second kappa shape index (κ2) is 9.98. The summed E-state index contributed by atoms with van der Waals surface area (Å²) >= 11 is 7.02. The van der Waals surface area contributed by atoms with E-state index in [1.807, 2.05) is 0 Å². The monoisotopic (exact) mass is 411 g/mol. The Morgan fingerprint density at radius 3 is 2.67 bits per heavy atom. The molecule has 2 amide bonds. The molecule has 1 aromatic heterocycles. The summed E-state index contributed by atoms with van der Waals surface area (Å²) in [6, 6.07) is 8.31. The molecule has 2 rings (SSSR count). The highest BCUT2D eigenvalue weighted by atomic mass is 35.5. The van der Waals surface area contributed by atoms with Crippen LogP contribution in [0, 0.1) is 6.92 Å². The quantitative estimate of drug-likeness (QED) is 0.642. The summed E-state index contributed by atoms with van der Waals surface area (Å²) in [5.74, 6) is -0.592. The number of amides is 2. The maximum atomic E-state index is 12.1. The molecule has 1 heterocycles. The average Bonchev–Trinajstić information content (AvgIpc) is 3.01. The molecule has 0 spiro atoms. The summed E-state index contributed by atoms with van der Waals surface area (Å²) in [5, 5.41) is 9.14. The first-order valence-corrected chi connectivity index (χ1v) is 9.44. The number of esters is 1. The van der Waals surface area contributed by atoms with Crippen LogP contribution in [-0.2, 0) is 19.1 Å². The van der Waals surface area contributed by atoms with Gasteiger partial charge in [-0.15, -0.1) is 11.8 Å². The number of benzene rings is 1. The highest BCUT2D eigenvalue weighted by molar-refractivity contribution is 8.00. The molecule has 0 fully saturated rings. The van der Waals surface area contributed by atoms with Crippen LogP contribution in [0.5, 0.6) is 0 Å². The molecule has 0 aliphatic rings. The molecule has 27 heavy (non-hydrogen) atoms. The van der Waals surface area contributed by atoms with Crippen molar-refractivity contribution in [3.05, 3.63) is 41.1 Å². The van der Waals surface area contributed by atoms with Gasteiger partial charge < -0.3 is 19.9 Å². The summed E-state index contributed by atoms with van der Waals surface area (Å²) in [6.45, 7) is 3.16. The van der Waals surface area contributed by atoms with Crippen LogP contribution in [0.1, 0.15) is 12.7 Å². The Labute approximate surface area is 164 Å². The second-order valence-corrected chi connectivity index (χ2v) is 6.86. The first-order chi connectivity index (χ1) is 12.8. The van der Waals surface area contributed by atoms with Gasteiger partial charge in [-0.1, -0.05) is 28.9 Å². The van der Waals surface area contributed by atoms with E-state index in [0.717, 1.165) is 11.8 Å². The standard InChI is InChI=1S/C17H18ClN3O5S/c1-10-7-14(21-26-10)20-15(22)8-27-9-16(23)25-11(2)17(24)19-13-6-4-3-5-12(13)18/h3-7,11H,8-9H2,1-2H3,(H,19,24)(H,20,21,22). The predicted molar refractivity (Wildman–Crippen MR) is 103 cm³/mol. The summed E-state index contributed by atoms with van der Waals surface area (Å²) in [7, 11) is 0. The van der Waals surface area contributed by atoms with Crippen molar-refractivity contribution in [2.24, 2.45) is 0 Å². The van der Waals surface area contributed by atoms with Crippen molar-refractivity contribution in [1.82, 2.24) is 5.16 Å². The van der Waals surface area contributed by atoms with Crippen LogP contribution in [0.2, 0.25) is 5.02 Å². The third-order valence-electron chi connectivity index (χ3n) is 3.16. The van der Waals surface area contributed by atoms with Gasteiger partial charge >= 0.3 is 5.97 Å². The van der Waals surface area contributed by atoms with E-state index in [1.165, 1.54) is 6.92 Å². The van der Waals surface area contributed by atoms with Gasteiger partial charge in [0.15, 0.2) is 11.9 Å². The normalized spacial score (nSPS) is 11.5. The van der Waals surface area contributed by atoms with Gasteiger partial charge in [-0.2, -0.15) is 0 Å². The molecular weight excluding hydrogens is 394 g/mol. The molecule has 1 atom stereocenters. The number of para-hydroxylation sites is 1. The Morgan fingerprint density at radius 1 is 1.26 bits per heavy atom. The van der Waals surface area contributed by atoms with Crippen LogP contribution in [0.4, 0.5) is 11.5 Å². The lowest BCUT2D eigenvalue weighted by atomic mass is 10.3. The SMILES string of the molecule is Cc1cc(NC(=O)CSCC(=O)OC(C)C(=O)Nc2ccccc2Cl)no1. The highest BCUT2D eigenvalue weighted by Crippen LogP contribution is 2.20. The van der Waals surface area contributed by atoms with Gasteiger partial charge in [-0.3, -0.25) is 14.4 Å². The number of anilines is 2. The number of rotatable bonds is 8. The number of aryl methyl sites for hydroxylation is 1. The molecule has 1 unspecified atom stereocenters. The van der Waals surface area contributed by atoms with E-state index in [9.17, 15) is 14.4 Å². The smallest absolute Gasteiger partial charge is 0.316 e. The van der Waals surface area contributed by atoms with E-state index < -0.39 is 18.0 Å². The van der Waals surface area contributed by atoms with E-state index in [-0.39, 0.29) is 17.4 Å². The van der Waals surface area contributed by atoms with Crippen molar-refractivity contribution in [3.8, 4) is 0 Å². The zero-order valence-electron chi connectivity index (χ0n) is 14.7. The third kappa shape index (κ3) is 6.95. The second-order valence-electron chi connectivity index (χ2n) is 5.46. The van der Waals surface area contributed by atoms with E-state index in [1.54, 1.807) is 37.3 Å². The fraction of sp³-hybridized carbons (Fsp3) is 0.294. The van der Waals surface area contributed by atoms with Gasteiger partial charge in [0.25, 0.3) is 5.91 Å². The van der Waals surface area contributed by atoms with Crippen molar-refractivity contribution in [1.29, 1.82) is 0 Å². The molecule has 0 bridgehead atoms. The minimum absolute atomic E-state index is 0.0290. The zero-order chi connectivity index (χ0) is 19.8. The lowest BCUT2D eigenvalue weighted by molar-refractivity contribution is -0.150. The van der Waals surface area contributed by atoms with Crippen LogP contribution >= 0.6 is 23.4 Å². The number of carbonyl (C=O) groups excluding carboxylic acids is 3. The van der Waals surface area contributed by atoms with E-state index in [0.29, 0.717) is 22.3 Å². The van der Waals surface area contributed by atoms with Crippen molar-refractivity contribution in [2.75, 3.05) is 22.1 Å². The number of halogens is 1. The fourth-order valence-corrected chi connectivity index (χ4v) is 2.69. The topological polar surface area (TPSA) is 111 Å². The van der Waals surface area contributed by atoms with Gasteiger partial charge in [0.05, 0.1) is 22.2 Å². The van der Waals surface area contributed by atoms with Crippen LogP contribution in [0.3, 0.4) is 0 Å². The molecule has 8 nitrogen and oxygen atoms in total. The van der Waals surface area contributed by atoms with Gasteiger partial charge in [-0.05, 0) is 26.0 Å². The first kappa shape index (κ1) is 20.8. The number of thioether (sulfide) groups is 1. The maximum absolute atomic E-state index is 12.1. The number of nitrogens with zero attached hydrogens (tertiary/aromatic N) is 1. The van der Waals surface area contributed by atoms with Crippen molar-refractivity contribution in [3.63, 3.8) is 0 Å². The fourth-order valence-electron chi connectivity index (χ4n) is 1.91. The molecule has 0 saturated carbocycles. The first-order valence-electron chi connectivity index (χ1n) is 7.91. The minimum Gasteiger partial charge on any atom is -0.452 e. The Morgan fingerprint density at radius 2 is 2.00 bits per heavy atom. The number of carbonyl (C=O) groups is 3. The summed E-state index contributed by atoms with van der Waals surface area (Å²) in [4.78, 5) is 35.6. The number of ether oxygens (including phenoxy) is 1. The third-order valence-corrected chi connectivity index (χ3v) is 4.39. The minimum atomic E-state index is -0.999. The summed E-state index contributed by atoms with van der Waals surface area (Å²) in [5.41, 5.74) is 0.432. The lowest BCUT2D eigenvalue weighted by Crippen LogP contribution is -2.30. The molecule has 1 aromatic carbocycles. The van der Waals surface area contributed by atoms with Crippen LogP contribution < -0.4 is 10.6 Å². The van der Waals surface area contributed by atoms with Crippen LogP contribution in [0.25, 0.3) is 0 Å². The molecular formula is C17H18ClN3O5S. The molecule has 0 aliphatic carbocycles. The Balaban J connectivity index is 1.69. The number of hydrogen-bond acceptors (Lipinski definition) is 7. The van der Waals surface area contributed by atoms with Crippen molar-refractivity contribution in [2.45, 2.75) is 20.0 Å². The molecule has 2 N–H and O–H groups in total. The van der Waals surface area contributed by atoms with Gasteiger partial charge in [0.2, 0.25) is 5.91 Å². The molecule has 10 heteroatoms. The lowest BCUT2D eigenvalue weighted by Gasteiger charge is -2.14. The van der Waals surface area contributed by atoms with E-state index >= 15 is 0 Å². The van der Waals surface area contributed by atoms with Gasteiger partial charge in [-0.25, -0.2) is 0 Å². The molecule has 144 valence electrons. The number of aromatic nitrogens is 1. The number of hydrogen-bond donors (Lipinski definition) is 2. The van der Waals surface area contributed by atoms with Crippen LogP contribution in [0.15, 0.2) is 34.9 Å². The average molecular weight is 412 g/mol. The van der Waals surface area contributed by atoms with Crippen molar-refractivity contribution >= 4 is 52.7 Å². The largest absolute Gasteiger partial charge is 0.452 e. The van der Waals surface area contributed by atoms with Gasteiger partial charge in [0, 0.05) is 6.07 Å². The Kier molecular flexibility index (Phi) is 7.68. The number of nitrogens with one attached hydrogen (secondary N) is 2. The van der Waals surface area contributed by atoms with Crippen LogP contribution in [-0.4, -0.2) is 40.6 Å². The summed E-state index contributed by atoms with van der Waals surface area (Å²) < 4.78 is 9.89. The van der Waals surface area contributed by atoms with Crippen molar-refractivity contribution < 1.29 is 23.6 Å². The maximum Gasteiger partial charge on any atom is 0.316 e.